The van der Waals surface area contributed by atoms with E-state index in [2.05, 4.69) is 31.5 Å². The second kappa shape index (κ2) is 7.00. The number of anilines is 1. The molecule has 104 valence electrons. The van der Waals surface area contributed by atoms with E-state index in [1.165, 1.54) is 12.1 Å². The third kappa shape index (κ3) is 4.62. The number of urea groups is 1. The summed E-state index contributed by atoms with van der Waals surface area (Å²) in [6.07, 6.45) is 2.17. The van der Waals surface area contributed by atoms with Gasteiger partial charge in [-0.25, -0.2) is 14.2 Å². The summed E-state index contributed by atoms with van der Waals surface area (Å²) in [4.78, 5) is 15.6. The number of pyridine rings is 1. The normalized spacial score (nSPS) is 10.1. The number of nitrogens with zero attached hydrogens (tertiary/aromatic N) is 1. The Morgan fingerprint density at radius 2 is 2.15 bits per heavy atom. The van der Waals surface area contributed by atoms with Crippen LogP contribution >= 0.6 is 15.9 Å². The number of hydrogen-bond donors (Lipinski definition) is 2. The number of aromatic nitrogens is 1. The molecular weight excluding hydrogens is 325 g/mol. The maximum atomic E-state index is 13.0. The topological polar surface area (TPSA) is 54.0 Å². The largest absolute Gasteiger partial charge is 0.337 e. The summed E-state index contributed by atoms with van der Waals surface area (Å²) in [5.41, 5.74) is 0.840. The van der Waals surface area contributed by atoms with Gasteiger partial charge < -0.3 is 5.32 Å². The van der Waals surface area contributed by atoms with Gasteiger partial charge in [-0.2, -0.15) is 0 Å². The number of halogens is 2. The quantitative estimate of drug-likeness (QED) is 0.898. The molecule has 1 aromatic heterocycles. The van der Waals surface area contributed by atoms with Crippen LogP contribution in [0.3, 0.4) is 0 Å². The van der Waals surface area contributed by atoms with Crippen LogP contribution in [-0.4, -0.2) is 17.6 Å². The van der Waals surface area contributed by atoms with Gasteiger partial charge in [0.15, 0.2) is 0 Å². The number of carbonyl (C=O) groups excluding carboxylic acids is 1. The first kappa shape index (κ1) is 14.5. The second-order valence-electron chi connectivity index (χ2n) is 4.12. The van der Waals surface area contributed by atoms with Gasteiger partial charge >= 0.3 is 6.03 Å². The molecule has 2 N–H and O–H groups in total. The molecule has 2 amide bonds. The molecule has 1 heterocycles. The predicted molar refractivity (Wildman–Crippen MR) is 79.1 cm³/mol. The highest BCUT2D eigenvalue weighted by molar-refractivity contribution is 9.10. The van der Waals surface area contributed by atoms with Crippen molar-refractivity contribution >= 4 is 27.8 Å². The van der Waals surface area contributed by atoms with E-state index in [0.29, 0.717) is 18.8 Å². The number of hydrogen-bond acceptors (Lipinski definition) is 2. The third-order valence-electron chi connectivity index (χ3n) is 2.56. The first-order valence-electron chi connectivity index (χ1n) is 6.04. The number of benzene rings is 1. The van der Waals surface area contributed by atoms with Gasteiger partial charge in [-0.1, -0.05) is 12.1 Å². The van der Waals surface area contributed by atoms with Crippen LogP contribution in [0.1, 0.15) is 5.56 Å². The molecule has 0 radical (unpaired) electrons. The Bertz CT molecular complexity index is 589. The zero-order chi connectivity index (χ0) is 14.4. The maximum absolute atomic E-state index is 13.0. The van der Waals surface area contributed by atoms with Crippen LogP contribution in [0.5, 0.6) is 0 Å². The molecule has 6 heteroatoms. The fourth-order valence-corrected chi connectivity index (χ4v) is 1.86. The zero-order valence-corrected chi connectivity index (χ0v) is 12.2. The molecule has 0 spiro atoms. The number of amides is 2. The van der Waals surface area contributed by atoms with Gasteiger partial charge in [0, 0.05) is 17.2 Å². The maximum Gasteiger partial charge on any atom is 0.320 e. The summed E-state index contributed by atoms with van der Waals surface area (Å²) in [5.74, 6) is 0.197. The summed E-state index contributed by atoms with van der Waals surface area (Å²) in [6, 6.07) is 9.45. The fourth-order valence-electron chi connectivity index (χ4n) is 1.62. The number of rotatable bonds is 4. The monoisotopic (exact) mass is 337 g/mol. The van der Waals surface area contributed by atoms with E-state index in [4.69, 9.17) is 0 Å². The Morgan fingerprint density at radius 1 is 1.30 bits per heavy atom. The zero-order valence-electron chi connectivity index (χ0n) is 10.6. The molecule has 0 atom stereocenters. The van der Waals surface area contributed by atoms with Crippen LogP contribution in [0.15, 0.2) is 47.1 Å². The SMILES string of the molecule is O=C(NCCc1cccc(F)c1)Nc1ccc(Br)cn1. The van der Waals surface area contributed by atoms with Gasteiger partial charge in [0.2, 0.25) is 0 Å². The summed E-state index contributed by atoms with van der Waals surface area (Å²) in [5, 5.41) is 5.30. The van der Waals surface area contributed by atoms with Crippen LogP contribution in [0.4, 0.5) is 15.0 Å². The molecule has 2 aromatic rings. The predicted octanol–water partition coefficient (Wildman–Crippen LogP) is 3.35. The number of carbonyl (C=O) groups is 1. The Balaban J connectivity index is 1.76. The minimum absolute atomic E-state index is 0.272. The highest BCUT2D eigenvalue weighted by atomic mass is 79.9. The van der Waals surface area contributed by atoms with Gasteiger partial charge in [-0.05, 0) is 52.2 Å². The summed E-state index contributed by atoms with van der Waals surface area (Å²) in [6.45, 7) is 0.422. The highest BCUT2D eigenvalue weighted by Crippen LogP contribution is 2.10. The molecule has 0 fully saturated rings. The van der Waals surface area contributed by atoms with Crippen LogP contribution in [0, 0.1) is 5.82 Å². The van der Waals surface area contributed by atoms with E-state index in [1.807, 2.05) is 6.07 Å². The molecule has 2 rings (SSSR count). The van der Waals surface area contributed by atoms with Gasteiger partial charge in [-0.3, -0.25) is 5.32 Å². The van der Waals surface area contributed by atoms with Gasteiger partial charge in [-0.15, -0.1) is 0 Å². The van der Waals surface area contributed by atoms with E-state index in [9.17, 15) is 9.18 Å². The Morgan fingerprint density at radius 3 is 2.85 bits per heavy atom. The van der Waals surface area contributed by atoms with E-state index in [1.54, 1.807) is 24.4 Å². The lowest BCUT2D eigenvalue weighted by Gasteiger charge is -2.07. The molecule has 0 saturated heterocycles. The lowest BCUT2D eigenvalue weighted by atomic mass is 10.1. The molecule has 1 aromatic carbocycles. The second-order valence-corrected chi connectivity index (χ2v) is 5.04. The Labute approximate surface area is 124 Å². The third-order valence-corrected chi connectivity index (χ3v) is 3.03. The molecule has 4 nitrogen and oxygen atoms in total. The molecule has 0 bridgehead atoms. The Kier molecular flexibility index (Phi) is 5.06. The lowest BCUT2D eigenvalue weighted by molar-refractivity contribution is 0.252. The number of nitrogens with one attached hydrogen (secondary N) is 2. The first-order valence-corrected chi connectivity index (χ1v) is 6.83. The average Bonchev–Trinajstić information content (AvgIpc) is 2.41. The van der Waals surface area contributed by atoms with Crippen molar-refractivity contribution in [1.29, 1.82) is 0 Å². The molecule has 0 unspecified atom stereocenters. The van der Waals surface area contributed by atoms with Crippen molar-refractivity contribution in [3.05, 3.63) is 58.4 Å². The van der Waals surface area contributed by atoms with Crippen molar-refractivity contribution in [3.63, 3.8) is 0 Å². The molecule has 0 aliphatic heterocycles. The van der Waals surface area contributed by atoms with Crippen molar-refractivity contribution in [3.8, 4) is 0 Å². The van der Waals surface area contributed by atoms with Crippen molar-refractivity contribution in [1.82, 2.24) is 10.3 Å². The first-order chi connectivity index (χ1) is 9.63. The Hall–Kier alpha value is -1.95. The standard InChI is InChI=1S/C14H13BrFN3O/c15-11-4-5-13(18-9-11)19-14(20)17-7-6-10-2-1-3-12(16)8-10/h1-5,8-9H,6-7H2,(H2,17,18,19,20). The minimum Gasteiger partial charge on any atom is -0.337 e. The smallest absolute Gasteiger partial charge is 0.320 e. The van der Waals surface area contributed by atoms with Crippen LogP contribution in [-0.2, 0) is 6.42 Å². The van der Waals surface area contributed by atoms with E-state index < -0.39 is 0 Å². The molecule has 20 heavy (non-hydrogen) atoms. The molecule has 0 aliphatic carbocycles. The average molecular weight is 338 g/mol. The van der Waals surface area contributed by atoms with E-state index >= 15 is 0 Å². The minimum atomic E-state index is -0.337. The van der Waals surface area contributed by atoms with Gasteiger partial charge in [0.25, 0.3) is 0 Å². The van der Waals surface area contributed by atoms with Crippen LogP contribution in [0.25, 0.3) is 0 Å². The van der Waals surface area contributed by atoms with Crippen LogP contribution in [0.2, 0.25) is 0 Å². The van der Waals surface area contributed by atoms with Crippen molar-refractivity contribution in [2.24, 2.45) is 0 Å². The van der Waals surface area contributed by atoms with Crippen molar-refractivity contribution in [2.45, 2.75) is 6.42 Å². The van der Waals surface area contributed by atoms with E-state index in [-0.39, 0.29) is 11.8 Å². The lowest BCUT2D eigenvalue weighted by Crippen LogP contribution is -2.30. The highest BCUT2D eigenvalue weighted by Gasteiger charge is 2.02. The van der Waals surface area contributed by atoms with Gasteiger partial charge in [0.1, 0.15) is 11.6 Å². The molecular formula is C14H13BrFN3O. The van der Waals surface area contributed by atoms with E-state index in [0.717, 1.165) is 10.0 Å². The summed E-state index contributed by atoms with van der Waals surface area (Å²) < 4.78 is 13.8. The van der Waals surface area contributed by atoms with Crippen LogP contribution < -0.4 is 10.6 Å². The summed E-state index contributed by atoms with van der Waals surface area (Å²) >= 11 is 3.26. The van der Waals surface area contributed by atoms with Crippen molar-refractivity contribution in [2.75, 3.05) is 11.9 Å². The summed E-state index contributed by atoms with van der Waals surface area (Å²) in [7, 11) is 0. The van der Waals surface area contributed by atoms with Crippen molar-refractivity contribution < 1.29 is 9.18 Å². The molecule has 0 saturated carbocycles. The fraction of sp³-hybridized carbons (Fsp3) is 0.143. The van der Waals surface area contributed by atoms with Gasteiger partial charge in [0.05, 0.1) is 0 Å². The molecule has 0 aliphatic rings.